The Labute approximate surface area is 146 Å². The van der Waals surface area contributed by atoms with E-state index in [4.69, 9.17) is 4.98 Å². The van der Waals surface area contributed by atoms with Gasteiger partial charge in [0, 0.05) is 37.9 Å². The van der Waals surface area contributed by atoms with Crippen LogP contribution in [0.1, 0.15) is 23.7 Å². The largest absolute Gasteiger partial charge is 0.324 e. The van der Waals surface area contributed by atoms with Crippen molar-refractivity contribution in [2.45, 2.75) is 19.3 Å². The molecule has 0 aliphatic carbocycles. The molecule has 25 heavy (non-hydrogen) atoms. The van der Waals surface area contributed by atoms with E-state index >= 15 is 0 Å². The van der Waals surface area contributed by atoms with Crippen molar-refractivity contribution in [3.8, 4) is 0 Å². The van der Waals surface area contributed by atoms with Crippen molar-refractivity contribution >= 4 is 22.9 Å². The molecule has 1 atom stereocenters. The van der Waals surface area contributed by atoms with Crippen molar-refractivity contribution in [1.82, 2.24) is 19.4 Å². The molecular formula is C19H21N5O. The molecule has 0 saturated carbocycles. The van der Waals surface area contributed by atoms with Crippen LogP contribution in [-0.4, -0.2) is 38.6 Å². The molecule has 1 aliphatic rings. The third-order valence-electron chi connectivity index (χ3n) is 4.81. The average molecular weight is 335 g/mol. The van der Waals surface area contributed by atoms with Gasteiger partial charge in [-0.2, -0.15) is 0 Å². The first-order chi connectivity index (χ1) is 12.1. The summed E-state index contributed by atoms with van der Waals surface area (Å²) < 4.78 is 2.04. The number of aromatic nitrogens is 3. The van der Waals surface area contributed by atoms with Gasteiger partial charge >= 0.3 is 6.03 Å². The second kappa shape index (κ2) is 6.20. The summed E-state index contributed by atoms with van der Waals surface area (Å²) in [5.74, 6) is 1.24. The van der Waals surface area contributed by atoms with Crippen molar-refractivity contribution in [3.63, 3.8) is 0 Å². The first-order valence-corrected chi connectivity index (χ1v) is 8.52. The number of benzene rings is 1. The van der Waals surface area contributed by atoms with Crippen molar-refractivity contribution in [2.24, 2.45) is 7.05 Å². The summed E-state index contributed by atoms with van der Waals surface area (Å²) in [4.78, 5) is 23.5. The fourth-order valence-corrected chi connectivity index (χ4v) is 3.40. The second-order valence-corrected chi connectivity index (χ2v) is 6.60. The van der Waals surface area contributed by atoms with Gasteiger partial charge in [0.05, 0.1) is 0 Å². The third kappa shape index (κ3) is 2.95. The van der Waals surface area contributed by atoms with E-state index in [1.807, 2.05) is 59.8 Å². The van der Waals surface area contributed by atoms with Crippen LogP contribution in [0, 0.1) is 6.92 Å². The van der Waals surface area contributed by atoms with E-state index in [2.05, 4.69) is 10.3 Å². The van der Waals surface area contributed by atoms with Gasteiger partial charge in [-0.1, -0.05) is 17.7 Å². The number of likely N-dealkylation sites (tertiary alicyclic amines) is 1. The molecule has 6 heteroatoms. The van der Waals surface area contributed by atoms with Gasteiger partial charge in [0.15, 0.2) is 5.65 Å². The quantitative estimate of drug-likeness (QED) is 0.781. The number of amides is 2. The lowest BCUT2D eigenvalue weighted by Crippen LogP contribution is -2.32. The molecule has 0 bridgehead atoms. The second-order valence-electron chi connectivity index (χ2n) is 6.60. The van der Waals surface area contributed by atoms with Crippen molar-refractivity contribution in [3.05, 3.63) is 54.0 Å². The van der Waals surface area contributed by atoms with Crippen LogP contribution in [0.25, 0.3) is 11.2 Å². The van der Waals surface area contributed by atoms with Gasteiger partial charge in [-0.05, 0) is 37.6 Å². The number of anilines is 1. The van der Waals surface area contributed by atoms with Gasteiger partial charge < -0.3 is 14.8 Å². The molecule has 1 N–H and O–H groups in total. The summed E-state index contributed by atoms with van der Waals surface area (Å²) >= 11 is 0. The monoisotopic (exact) mass is 335 g/mol. The van der Waals surface area contributed by atoms with Crippen molar-refractivity contribution in [2.75, 3.05) is 18.4 Å². The van der Waals surface area contributed by atoms with Gasteiger partial charge in [0.2, 0.25) is 0 Å². The molecule has 6 nitrogen and oxygen atoms in total. The smallest absolute Gasteiger partial charge is 0.321 e. The Hall–Kier alpha value is -2.89. The number of pyridine rings is 1. The first kappa shape index (κ1) is 15.6. The zero-order valence-electron chi connectivity index (χ0n) is 14.4. The highest BCUT2D eigenvalue weighted by Crippen LogP contribution is 2.28. The van der Waals surface area contributed by atoms with E-state index < -0.39 is 0 Å². The number of hydrogen-bond acceptors (Lipinski definition) is 3. The van der Waals surface area contributed by atoms with E-state index in [0.717, 1.165) is 35.6 Å². The number of nitrogens with one attached hydrogen (secondary N) is 1. The van der Waals surface area contributed by atoms with Gasteiger partial charge in [-0.3, -0.25) is 0 Å². The van der Waals surface area contributed by atoms with Crippen LogP contribution in [-0.2, 0) is 7.05 Å². The van der Waals surface area contributed by atoms with Crippen LogP contribution < -0.4 is 5.32 Å². The Morgan fingerprint density at radius 1 is 1.24 bits per heavy atom. The molecule has 0 spiro atoms. The molecule has 128 valence electrons. The summed E-state index contributed by atoms with van der Waals surface area (Å²) in [5, 5.41) is 2.97. The molecule has 2 amide bonds. The molecule has 1 aliphatic heterocycles. The minimum absolute atomic E-state index is 0.0526. The standard InChI is InChI=1S/C19H21N5O/c1-13-5-7-15(8-6-13)21-19(25)24-11-9-14(12-24)17-22-16-4-3-10-20-18(16)23(17)2/h3-8,10,14H,9,11-12H2,1-2H3,(H,21,25)/t14-/m1/s1. The van der Waals surface area contributed by atoms with Crippen LogP contribution in [0.15, 0.2) is 42.6 Å². The maximum atomic E-state index is 12.5. The van der Waals surface area contributed by atoms with Crippen LogP contribution >= 0.6 is 0 Å². The van der Waals surface area contributed by atoms with E-state index in [1.54, 1.807) is 6.20 Å². The molecular weight excluding hydrogens is 314 g/mol. The molecule has 2 aromatic heterocycles. The summed E-state index contributed by atoms with van der Waals surface area (Å²) in [6, 6.07) is 11.7. The Balaban J connectivity index is 1.47. The fourth-order valence-electron chi connectivity index (χ4n) is 3.40. The van der Waals surface area contributed by atoms with Crippen LogP contribution in [0.3, 0.4) is 0 Å². The van der Waals surface area contributed by atoms with Gasteiger partial charge in [0.1, 0.15) is 11.3 Å². The molecule has 4 rings (SSSR count). The Morgan fingerprint density at radius 3 is 2.80 bits per heavy atom. The maximum Gasteiger partial charge on any atom is 0.321 e. The SMILES string of the molecule is Cc1ccc(NC(=O)N2CC[C@@H](c3nc4cccnc4n3C)C2)cc1. The first-order valence-electron chi connectivity index (χ1n) is 8.52. The number of carbonyl (C=O) groups is 1. The molecule has 0 radical (unpaired) electrons. The molecule has 0 unspecified atom stereocenters. The highest BCUT2D eigenvalue weighted by molar-refractivity contribution is 5.89. The lowest BCUT2D eigenvalue weighted by atomic mass is 10.1. The zero-order chi connectivity index (χ0) is 17.4. The lowest BCUT2D eigenvalue weighted by molar-refractivity contribution is 0.222. The van der Waals surface area contributed by atoms with E-state index in [-0.39, 0.29) is 11.9 Å². The third-order valence-corrected chi connectivity index (χ3v) is 4.81. The highest BCUT2D eigenvalue weighted by atomic mass is 16.2. The number of hydrogen-bond donors (Lipinski definition) is 1. The van der Waals surface area contributed by atoms with Crippen LogP contribution in [0.2, 0.25) is 0 Å². The summed E-state index contributed by atoms with van der Waals surface area (Å²) in [5.41, 5.74) is 3.79. The van der Waals surface area contributed by atoms with Gasteiger partial charge in [-0.25, -0.2) is 14.8 Å². The van der Waals surface area contributed by atoms with E-state index in [9.17, 15) is 4.79 Å². The van der Waals surface area contributed by atoms with Gasteiger partial charge in [0.25, 0.3) is 0 Å². The Bertz CT molecular complexity index is 915. The number of carbonyl (C=O) groups excluding carboxylic acids is 1. The van der Waals surface area contributed by atoms with E-state index in [0.29, 0.717) is 6.54 Å². The van der Waals surface area contributed by atoms with Crippen LogP contribution in [0.5, 0.6) is 0 Å². The molecule has 3 heterocycles. The number of nitrogens with zero attached hydrogens (tertiary/aromatic N) is 4. The minimum atomic E-state index is -0.0526. The summed E-state index contributed by atoms with van der Waals surface area (Å²) in [6.45, 7) is 3.44. The minimum Gasteiger partial charge on any atom is -0.324 e. The van der Waals surface area contributed by atoms with E-state index in [1.165, 1.54) is 5.56 Å². The fraction of sp³-hybridized carbons (Fsp3) is 0.316. The molecule has 1 aromatic carbocycles. The number of rotatable bonds is 2. The number of fused-ring (bicyclic) bond motifs is 1. The lowest BCUT2D eigenvalue weighted by Gasteiger charge is -2.17. The number of urea groups is 1. The normalized spacial score (nSPS) is 17.2. The molecule has 1 saturated heterocycles. The van der Waals surface area contributed by atoms with Gasteiger partial charge in [-0.15, -0.1) is 0 Å². The maximum absolute atomic E-state index is 12.5. The predicted octanol–water partition coefficient (Wildman–Crippen LogP) is 3.30. The molecule has 1 fully saturated rings. The average Bonchev–Trinajstić information content (AvgIpc) is 3.22. The number of imidazole rings is 1. The topological polar surface area (TPSA) is 63.1 Å². The van der Waals surface area contributed by atoms with Crippen LogP contribution in [0.4, 0.5) is 10.5 Å². The highest BCUT2D eigenvalue weighted by Gasteiger charge is 2.30. The Morgan fingerprint density at radius 2 is 2.04 bits per heavy atom. The number of aryl methyl sites for hydroxylation is 2. The van der Waals surface area contributed by atoms with Crippen molar-refractivity contribution in [1.29, 1.82) is 0 Å². The zero-order valence-corrected chi connectivity index (χ0v) is 14.4. The molecule has 3 aromatic rings. The Kier molecular flexibility index (Phi) is 3.87. The summed E-state index contributed by atoms with van der Waals surface area (Å²) in [6.07, 6.45) is 2.70. The van der Waals surface area contributed by atoms with Crippen molar-refractivity contribution < 1.29 is 4.79 Å². The predicted molar refractivity (Wildman–Crippen MR) is 97.6 cm³/mol. The summed E-state index contributed by atoms with van der Waals surface area (Å²) in [7, 11) is 1.99.